The van der Waals surface area contributed by atoms with Crippen molar-refractivity contribution < 1.29 is 14.0 Å². The topological polar surface area (TPSA) is 95.1 Å². The molecule has 0 spiro atoms. The van der Waals surface area contributed by atoms with Crippen LogP contribution in [0.2, 0.25) is 0 Å². The highest BCUT2D eigenvalue weighted by Gasteiger charge is 2.13. The maximum Gasteiger partial charge on any atom is 0.291 e. The van der Waals surface area contributed by atoms with Gasteiger partial charge in [0, 0.05) is 11.3 Å². The van der Waals surface area contributed by atoms with E-state index in [1.165, 1.54) is 6.26 Å². The third-order valence-electron chi connectivity index (χ3n) is 4.04. The lowest BCUT2D eigenvalue weighted by Gasteiger charge is -2.14. The molecule has 1 unspecified atom stereocenters. The minimum Gasteiger partial charge on any atom is -0.459 e. The number of nitrogens with one attached hydrogen (secondary N) is 2. The third kappa shape index (κ3) is 4.41. The Bertz CT molecular complexity index is 969. The Morgan fingerprint density at radius 1 is 1.00 bits per heavy atom. The van der Waals surface area contributed by atoms with Gasteiger partial charge in [0.05, 0.1) is 23.9 Å². The van der Waals surface area contributed by atoms with Crippen molar-refractivity contribution in [3.05, 3.63) is 89.4 Å². The van der Waals surface area contributed by atoms with Crippen LogP contribution in [0.25, 0.3) is 0 Å². The van der Waals surface area contributed by atoms with Crippen LogP contribution in [0.5, 0.6) is 0 Å². The Labute approximate surface area is 156 Å². The van der Waals surface area contributed by atoms with Crippen molar-refractivity contribution in [1.29, 1.82) is 5.26 Å². The van der Waals surface area contributed by atoms with Crippen LogP contribution in [0, 0.1) is 11.3 Å². The molecule has 0 aliphatic heterocycles. The summed E-state index contributed by atoms with van der Waals surface area (Å²) < 4.78 is 5.04. The molecule has 1 aromatic heterocycles. The van der Waals surface area contributed by atoms with Crippen molar-refractivity contribution >= 4 is 17.5 Å². The number of benzene rings is 2. The average Bonchev–Trinajstić information content (AvgIpc) is 3.23. The van der Waals surface area contributed by atoms with E-state index in [0.717, 1.165) is 5.56 Å². The van der Waals surface area contributed by atoms with Gasteiger partial charge in [0.15, 0.2) is 5.76 Å². The Balaban J connectivity index is 1.61. The number of amides is 2. The predicted octanol–water partition coefficient (Wildman–Crippen LogP) is 3.89. The Hall–Kier alpha value is -3.85. The summed E-state index contributed by atoms with van der Waals surface area (Å²) >= 11 is 0. The Morgan fingerprint density at radius 3 is 2.30 bits per heavy atom. The number of carbonyl (C=O) groups excluding carboxylic acids is 2. The van der Waals surface area contributed by atoms with E-state index < -0.39 is 0 Å². The van der Waals surface area contributed by atoms with Gasteiger partial charge >= 0.3 is 0 Å². The molecule has 3 aromatic rings. The molecule has 6 nitrogen and oxygen atoms in total. The van der Waals surface area contributed by atoms with Crippen LogP contribution < -0.4 is 10.6 Å². The lowest BCUT2D eigenvalue weighted by Crippen LogP contribution is -2.26. The molecule has 2 aromatic carbocycles. The molecule has 0 aliphatic rings. The lowest BCUT2D eigenvalue weighted by atomic mass is 10.1. The molecular formula is C21H17N3O3. The summed E-state index contributed by atoms with van der Waals surface area (Å²) in [6.07, 6.45) is 1.43. The predicted molar refractivity (Wildman–Crippen MR) is 100 cm³/mol. The average molecular weight is 359 g/mol. The summed E-state index contributed by atoms with van der Waals surface area (Å²) in [4.78, 5) is 24.3. The van der Waals surface area contributed by atoms with E-state index in [-0.39, 0.29) is 23.6 Å². The molecular weight excluding hydrogens is 342 g/mol. The second-order valence-corrected chi connectivity index (χ2v) is 5.94. The van der Waals surface area contributed by atoms with E-state index in [4.69, 9.17) is 9.68 Å². The van der Waals surface area contributed by atoms with Gasteiger partial charge in [-0.1, -0.05) is 12.1 Å². The van der Waals surface area contributed by atoms with Crippen molar-refractivity contribution in [2.45, 2.75) is 13.0 Å². The number of nitrogens with zero attached hydrogens (tertiary/aromatic N) is 1. The molecule has 134 valence electrons. The number of nitriles is 1. The second kappa shape index (κ2) is 8.02. The number of hydrogen-bond acceptors (Lipinski definition) is 4. The lowest BCUT2D eigenvalue weighted by molar-refractivity contribution is 0.0939. The summed E-state index contributed by atoms with van der Waals surface area (Å²) in [6, 6.07) is 18.7. The van der Waals surface area contributed by atoms with Crippen LogP contribution in [0.1, 0.15) is 45.0 Å². The van der Waals surface area contributed by atoms with Crippen LogP contribution in [0.4, 0.5) is 5.69 Å². The molecule has 0 saturated heterocycles. The standard InChI is InChI=1S/C21H17N3O3/c1-14(16-6-4-15(13-22)5-7-16)23-20(25)17-8-10-18(11-9-17)24-21(26)19-3-2-12-27-19/h2-12,14H,1H3,(H,23,25)(H,24,26). The van der Waals surface area contributed by atoms with E-state index in [1.807, 2.05) is 19.1 Å². The molecule has 1 heterocycles. The highest BCUT2D eigenvalue weighted by atomic mass is 16.3. The molecule has 2 N–H and O–H groups in total. The smallest absolute Gasteiger partial charge is 0.291 e. The number of rotatable bonds is 5. The first-order chi connectivity index (χ1) is 13.1. The van der Waals surface area contributed by atoms with Gasteiger partial charge in [0.2, 0.25) is 0 Å². The largest absolute Gasteiger partial charge is 0.459 e. The SMILES string of the molecule is CC(NC(=O)c1ccc(NC(=O)c2ccco2)cc1)c1ccc(C#N)cc1. The van der Waals surface area contributed by atoms with Gasteiger partial charge in [-0.2, -0.15) is 5.26 Å². The molecule has 6 heteroatoms. The summed E-state index contributed by atoms with van der Waals surface area (Å²) in [5.74, 6) is -0.365. The van der Waals surface area contributed by atoms with Gasteiger partial charge in [-0.25, -0.2) is 0 Å². The van der Waals surface area contributed by atoms with Gasteiger partial charge in [-0.05, 0) is 61.0 Å². The van der Waals surface area contributed by atoms with Crippen LogP contribution in [-0.2, 0) is 0 Å². The summed E-state index contributed by atoms with van der Waals surface area (Å²) in [6.45, 7) is 1.87. The number of anilines is 1. The van der Waals surface area contributed by atoms with Gasteiger partial charge in [-0.3, -0.25) is 9.59 Å². The van der Waals surface area contributed by atoms with Gasteiger partial charge in [0.1, 0.15) is 0 Å². The molecule has 0 radical (unpaired) electrons. The van der Waals surface area contributed by atoms with E-state index in [0.29, 0.717) is 16.8 Å². The minimum atomic E-state index is -0.355. The monoisotopic (exact) mass is 359 g/mol. The maximum atomic E-state index is 12.4. The number of carbonyl (C=O) groups is 2. The molecule has 3 rings (SSSR count). The zero-order valence-corrected chi connectivity index (χ0v) is 14.6. The normalized spacial score (nSPS) is 11.3. The first-order valence-corrected chi connectivity index (χ1v) is 8.32. The highest BCUT2D eigenvalue weighted by molar-refractivity contribution is 6.02. The summed E-state index contributed by atoms with van der Waals surface area (Å²) in [5.41, 5.74) is 2.52. The number of hydrogen-bond donors (Lipinski definition) is 2. The van der Waals surface area contributed by atoms with Crippen molar-refractivity contribution in [2.75, 3.05) is 5.32 Å². The number of furan rings is 1. The second-order valence-electron chi connectivity index (χ2n) is 5.94. The summed E-state index contributed by atoms with van der Waals surface area (Å²) in [7, 11) is 0. The van der Waals surface area contributed by atoms with Crippen LogP contribution in [0.3, 0.4) is 0 Å². The first-order valence-electron chi connectivity index (χ1n) is 8.32. The van der Waals surface area contributed by atoms with E-state index >= 15 is 0 Å². The molecule has 0 bridgehead atoms. The fourth-order valence-corrected chi connectivity index (χ4v) is 2.52. The van der Waals surface area contributed by atoms with E-state index in [1.54, 1.807) is 48.5 Å². The first kappa shape index (κ1) is 18.0. The van der Waals surface area contributed by atoms with Crippen molar-refractivity contribution in [1.82, 2.24) is 5.32 Å². The van der Waals surface area contributed by atoms with Gasteiger partial charge in [-0.15, -0.1) is 0 Å². The fraction of sp³-hybridized carbons (Fsp3) is 0.0952. The van der Waals surface area contributed by atoms with Crippen LogP contribution in [-0.4, -0.2) is 11.8 Å². The van der Waals surface area contributed by atoms with E-state index in [9.17, 15) is 9.59 Å². The van der Waals surface area contributed by atoms with Gasteiger partial charge in [0.25, 0.3) is 11.8 Å². The van der Waals surface area contributed by atoms with E-state index in [2.05, 4.69) is 16.7 Å². The molecule has 27 heavy (non-hydrogen) atoms. The Kier molecular flexibility index (Phi) is 5.33. The van der Waals surface area contributed by atoms with Crippen LogP contribution in [0.15, 0.2) is 71.3 Å². The molecule has 0 fully saturated rings. The Morgan fingerprint density at radius 2 is 1.70 bits per heavy atom. The zero-order chi connectivity index (χ0) is 19.2. The van der Waals surface area contributed by atoms with Crippen molar-refractivity contribution in [3.8, 4) is 6.07 Å². The van der Waals surface area contributed by atoms with Crippen molar-refractivity contribution in [2.24, 2.45) is 0 Å². The zero-order valence-electron chi connectivity index (χ0n) is 14.6. The molecule has 1 atom stereocenters. The third-order valence-corrected chi connectivity index (χ3v) is 4.04. The van der Waals surface area contributed by atoms with Crippen LogP contribution >= 0.6 is 0 Å². The fourth-order valence-electron chi connectivity index (χ4n) is 2.52. The molecule has 2 amide bonds. The summed E-state index contributed by atoms with van der Waals surface area (Å²) in [5, 5.41) is 14.4. The molecule has 0 saturated carbocycles. The maximum absolute atomic E-state index is 12.4. The molecule has 0 aliphatic carbocycles. The highest BCUT2D eigenvalue weighted by Crippen LogP contribution is 2.16. The van der Waals surface area contributed by atoms with Gasteiger partial charge < -0.3 is 15.1 Å². The quantitative estimate of drug-likeness (QED) is 0.722. The minimum absolute atomic E-state index is 0.205. The van der Waals surface area contributed by atoms with Crippen molar-refractivity contribution in [3.63, 3.8) is 0 Å².